The lowest BCUT2D eigenvalue weighted by molar-refractivity contribution is -0.120. The van der Waals surface area contributed by atoms with Crippen LogP contribution in [0.25, 0.3) is 0 Å². The summed E-state index contributed by atoms with van der Waals surface area (Å²) < 4.78 is 5.07. The molecule has 0 heterocycles. The van der Waals surface area contributed by atoms with Crippen LogP contribution in [0, 0.1) is 5.92 Å². The number of ether oxygens (including phenoxy) is 1. The minimum atomic E-state index is 0.0592. The first kappa shape index (κ1) is 12.5. The maximum Gasteiger partial charge on any atom is 0.227 e. The standard InChI is InChI=1S/C14H18N2O2/c1-18-13-8-7-11(9-12(13)15)16-14(17)10-5-3-2-4-6-10/h2-3,7-10H,4-6,15H2,1H3,(H,16,17). The van der Waals surface area contributed by atoms with Gasteiger partial charge in [0.25, 0.3) is 0 Å². The molecule has 0 radical (unpaired) electrons. The smallest absolute Gasteiger partial charge is 0.227 e. The molecular weight excluding hydrogens is 228 g/mol. The molecule has 0 saturated heterocycles. The van der Waals surface area contributed by atoms with Gasteiger partial charge in [-0.25, -0.2) is 0 Å². The van der Waals surface area contributed by atoms with E-state index in [4.69, 9.17) is 10.5 Å². The highest BCUT2D eigenvalue weighted by Crippen LogP contribution is 2.26. The second-order valence-electron chi connectivity index (χ2n) is 4.43. The van der Waals surface area contributed by atoms with E-state index in [0.29, 0.717) is 17.1 Å². The van der Waals surface area contributed by atoms with Crippen molar-refractivity contribution in [2.75, 3.05) is 18.2 Å². The van der Waals surface area contributed by atoms with Gasteiger partial charge < -0.3 is 15.8 Å². The Labute approximate surface area is 107 Å². The summed E-state index contributed by atoms with van der Waals surface area (Å²) in [5.74, 6) is 0.746. The van der Waals surface area contributed by atoms with E-state index < -0.39 is 0 Å². The molecular formula is C14H18N2O2. The SMILES string of the molecule is COc1ccc(NC(=O)C2CC=CCC2)cc1N. The number of allylic oxidation sites excluding steroid dienone is 2. The number of rotatable bonds is 3. The molecule has 1 amide bonds. The summed E-state index contributed by atoms with van der Waals surface area (Å²) in [7, 11) is 1.57. The Hall–Kier alpha value is -1.97. The van der Waals surface area contributed by atoms with Crippen molar-refractivity contribution in [3.63, 3.8) is 0 Å². The highest BCUT2D eigenvalue weighted by Gasteiger charge is 2.18. The molecule has 0 aromatic heterocycles. The summed E-state index contributed by atoms with van der Waals surface area (Å²) in [6.07, 6.45) is 6.89. The third kappa shape index (κ3) is 2.83. The summed E-state index contributed by atoms with van der Waals surface area (Å²) in [4.78, 5) is 12.0. The van der Waals surface area contributed by atoms with Crippen LogP contribution in [0.2, 0.25) is 0 Å². The average Bonchev–Trinajstić information content (AvgIpc) is 2.40. The molecule has 3 N–H and O–H groups in total. The first-order chi connectivity index (χ1) is 8.70. The Morgan fingerprint density at radius 1 is 1.44 bits per heavy atom. The third-order valence-corrected chi connectivity index (χ3v) is 3.14. The van der Waals surface area contributed by atoms with Crippen molar-refractivity contribution in [3.05, 3.63) is 30.4 Å². The number of methoxy groups -OCH3 is 1. The molecule has 0 aliphatic heterocycles. The predicted octanol–water partition coefficient (Wildman–Crippen LogP) is 2.57. The van der Waals surface area contributed by atoms with Crippen LogP contribution in [-0.4, -0.2) is 13.0 Å². The van der Waals surface area contributed by atoms with Gasteiger partial charge in [0.15, 0.2) is 0 Å². The monoisotopic (exact) mass is 246 g/mol. The van der Waals surface area contributed by atoms with Gasteiger partial charge in [0.1, 0.15) is 5.75 Å². The van der Waals surface area contributed by atoms with E-state index in [1.165, 1.54) is 0 Å². The number of carbonyl (C=O) groups excluding carboxylic acids is 1. The Kier molecular flexibility index (Phi) is 3.87. The van der Waals surface area contributed by atoms with Gasteiger partial charge in [-0.15, -0.1) is 0 Å². The molecule has 2 rings (SSSR count). The Morgan fingerprint density at radius 2 is 2.28 bits per heavy atom. The molecule has 0 bridgehead atoms. The normalized spacial score (nSPS) is 18.4. The first-order valence-electron chi connectivity index (χ1n) is 6.10. The number of anilines is 2. The zero-order chi connectivity index (χ0) is 13.0. The number of nitrogens with one attached hydrogen (secondary N) is 1. The number of hydrogen-bond donors (Lipinski definition) is 2. The number of amides is 1. The van der Waals surface area contributed by atoms with Crippen LogP contribution >= 0.6 is 0 Å². The molecule has 0 saturated carbocycles. The van der Waals surface area contributed by atoms with E-state index >= 15 is 0 Å². The van der Waals surface area contributed by atoms with Crippen LogP contribution < -0.4 is 15.8 Å². The molecule has 0 fully saturated rings. The molecule has 1 aliphatic carbocycles. The van der Waals surface area contributed by atoms with Gasteiger partial charge in [0, 0.05) is 11.6 Å². The number of hydrogen-bond acceptors (Lipinski definition) is 3. The fraction of sp³-hybridized carbons (Fsp3) is 0.357. The van der Waals surface area contributed by atoms with Crippen molar-refractivity contribution in [1.82, 2.24) is 0 Å². The largest absolute Gasteiger partial charge is 0.495 e. The van der Waals surface area contributed by atoms with E-state index in [2.05, 4.69) is 17.5 Å². The van der Waals surface area contributed by atoms with Crippen molar-refractivity contribution in [2.24, 2.45) is 5.92 Å². The van der Waals surface area contributed by atoms with E-state index in [1.807, 2.05) is 0 Å². The molecule has 1 atom stereocenters. The Morgan fingerprint density at radius 3 is 2.89 bits per heavy atom. The van der Waals surface area contributed by atoms with Crippen LogP contribution in [0.3, 0.4) is 0 Å². The predicted molar refractivity (Wildman–Crippen MR) is 72.5 cm³/mol. The quantitative estimate of drug-likeness (QED) is 0.636. The van der Waals surface area contributed by atoms with Crippen molar-refractivity contribution in [1.29, 1.82) is 0 Å². The fourth-order valence-electron chi connectivity index (χ4n) is 2.09. The van der Waals surface area contributed by atoms with Crippen molar-refractivity contribution in [3.8, 4) is 5.75 Å². The molecule has 96 valence electrons. The van der Waals surface area contributed by atoms with Crippen LogP contribution in [0.5, 0.6) is 5.75 Å². The van der Waals surface area contributed by atoms with Gasteiger partial charge in [0.2, 0.25) is 5.91 Å². The van der Waals surface area contributed by atoms with Gasteiger partial charge in [-0.2, -0.15) is 0 Å². The first-order valence-corrected chi connectivity index (χ1v) is 6.10. The maximum atomic E-state index is 12.0. The highest BCUT2D eigenvalue weighted by molar-refractivity contribution is 5.93. The molecule has 0 spiro atoms. The summed E-state index contributed by atoms with van der Waals surface area (Å²) in [6, 6.07) is 5.27. The molecule has 4 nitrogen and oxygen atoms in total. The number of benzene rings is 1. The summed E-state index contributed by atoms with van der Waals surface area (Å²) in [5, 5.41) is 2.90. The van der Waals surface area contributed by atoms with E-state index in [9.17, 15) is 4.79 Å². The van der Waals surface area contributed by atoms with Gasteiger partial charge in [-0.3, -0.25) is 4.79 Å². The molecule has 1 aromatic rings. The maximum absolute atomic E-state index is 12.0. The fourth-order valence-corrected chi connectivity index (χ4v) is 2.09. The van der Waals surface area contributed by atoms with Gasteiger partial charge in [-0.1, -0.05) is 12.2 Å². The van der Waals surface area contributed by atoms with E-state index in [-0.39, 0.29) is 11.8 Å². The average molecular weight is 246 g/mol. The summed E-state index contributed by atoms with van der Waals surface area (Å²) >= 11 is 0. The van der Waals surface area contributed by atoms with E-state index in [1.54, 1.807) is 25.3 Å². The van der Waals surface area contributed by atoms with Crippen LogP contribution in [-0.2, 0) is 4.79 Å². The second-order valence-corrected chi connectivity index (χ2v) is 4.43. The van der Waals surface area contributed by atoms with Crippen LogP contribution in [0.1, 0.15) is 19.3 Å². The van der Waals surface area contributed by atoms with E-state index in [0.717, 1.165) is 19.3 Å². The van der Waals surface area contributed by atoms with Gasteiger partial charge in [-0.05, 0) is 37.5 Å². The number of nitrogens with two attached hydrogens (primary N) is 1. The molecule has 18 heavy (non-hydrogen) atoms. The minimum Gasteiger partial charge on any atom is -0.495 e. The second kappa shape index (κ2) is 5.58. The lowest BCUT2D eigenvalue weighted by Gasteiger charge is -2.17. The van der Waals surface area contributed by atoms with Gasteiger partial charge >= 0.3 is 0 Å². The number of nitrogen functional groups attached to an aromatic ring is 1. The summed E-state index contributed by atoms with van der Waals surface area (Å²) in [6.45, 7) is 0. The lowest BCUT2D eigenvalue weighted by atomic mass is 9.93. The zero-order valence-electron chi connectivity index (χ0n) is 10.5. The third-order valence-electron chi connectivity index (χ3n) is 3.14. The Balaban J connectivity index is 2.02. The zero-order valence-corrected chi connectivity index (χ0v) is 10.5. The highest BCUT2D eigenvalue weighted by atomic mass is 16.5. The molecule has 1 aromatic carbocycles. The minimum absolute atomic E-state index is 0.0592. The van der Waals surface area contributed by atoms with Crippen molar-refractivity contribution < 1.29 is 9.53 Å². The van der Waals surface area contributed by atoms with Crippen molar-refractivity contribution >= 4 is 17.3 Å². The molecule has 1 unspecified atom stereocenters. The topological polar surface area (TPSA) is 64.3 Å². The number of carbonyl (C=O) groups is 1. The molecule has 4 heteroatoms. The Bertz CT molecular complexity index is 469. The molecule has 1 aliphatic rings. The van der Waals surface area contributed by atoms with Crippen LogP contribution in [0.15, 0.2) is 30.4 Å². The van der Waals surface area contributed by atoms with Crippen molar-refractivity contribution in [2.45, 2.75) is 19.3 Å². The van der Waals surface area contributed by atoms with Crippen LogP contribution in [0.4, 0.5) is 11.4 Å². The lowest BCUT2D eigenvalue weighted by Crippen LogP contribution is -2.23. The van der Waals surface area contributed by atoms with Gasteiger partial charge in [0.05, 0.1) is 12.8 Å². The summed E-state index contributed by atoms with van der Waals surface area (Å²) in [5.41, 5.74) is 7.04.